The van der Waals surface area contributed by atoms with Gasteiger partial charge in [0.2, 0.25) is 0 Å². The Morgan fingerprint density at radius 1 is 0.375 bits per heavy atom. The van der Waals surface area contributed by atoms with Gasteiger partial charge in [0.15, 0.2) is 0 Å². The molecule has 0 heterocycles. The number of aryl methyl sites for hydroxylation is 4. The fourth-order valence-electron chi connectivity index (χ4n) is 6.84. The summed E-state index contributed by atoms with van der Waals surface area (Å²) in [5.41, 5.74) is 18.7. The van der Waals surface area contributed by atoms with Crippen molar-refractivity contribution in [3.63, 3.8) is 0 Å². The van der Waals surface area contributed by atoms with Gasteiger partial charge in [0, 0.05) is 10.5 Å². The van der Waals surface area contributed by atoms with Crippen LogP contribution in [0.1, 0.15) is 70.6 Å². The van der Waals surface area contributed by atoms with Gasteiger partial charge in [0.25, 0.3) is 0 Å². The molecule has 48 heavy (non-hydrogen) atoms. The molecular formula is C46H46S2. The molecule has 242 valence electrons. The van der Waals surface area contributed by atoms with Crippen molar-refractivity contribution in [2.24, 2.45) is 0 Å². The van der Waals surface area contributed by atoms with Crippen molar-refractivity contribution in [2.45, 2.75) is 64.9 Å². The first kappa shape index (κ1) is 33.9. The van der Waals surface area contributed by atoms with Crippen LogP contribution in [0.15, 0.2) is 133 Å². The Hall–Kier alpha value is -3.98. The van der Waals surface area contributed by atoms with Crippen molar-refractivity contribution in [3.05, 3.63) is 167 Å². The Kier molecular flexibility index (Phi) is 10.9. The number of rotatable bonds is 11. The third-order valence-electron chi connectivity index (χ3n) is 9.61. The molecule has 6 rings (SSSR count). The summed E-state index contributed by atoms with van der Waals surface area (Å²) in [6.07, 6.45) is 2.11. The second kappa shape index (κ2) is 15.5. The molecule has 0 radical (unpaired) electrons. The molecule has 6 aromatic rings. The molecular weight excluding hydrogens is 617 g/mol. The van der Waals surface area contributed by atoms with E-state index in [2.05, 4.69) is 197 Å². The SMILES string of the molecule is CC[C@@H](SS[C@H](CC)c1cc(-c2ccccc2C)ccc1-c1ccccc1C)c1cc(-c2ccccc2C)ccc1-c1ccccc1C. The first-order valence-electron chi connectivity index (χ1n) is 17.2. The number of benzene rings is 6. The molecule has 0 aromatic heterocycles. The maximum absolute atomic E-state index is 2.48. The van der Waals surface area contributed by atoms with Gasteiger partial charge in [-0.25, -0.2) is 0 Å². The van der Waals surface area contributed by atoms with E-state index in [9.17, 15) is 0 Å². The highest BCUT2D eigenvalue weighted by atomic mass is 33.1. The van der Waals surface area contributed by atoms with E-state index < -0.39 is 0 Å². The molecule has 0 aliphatic heterocycles. The molecule has 2 atom stereocenters. The van der Waals surface area contributed by atoms with Crippen LogP contribution < -0.4 is 0 Å². The zero-order valence-corrected chi connectivity index (χ0v) is 30.7. The Morgan fingerprint density at radius 3 is 1.00 bits per heavy atom. The lowest BCUT2D eigenvalue weighted by atomic mass is 9.90. The zero-order valence-electron chi connectivity index (χ0n) is 29.1. The molecule has 0 saturated heterocycles. The second-order valence-corrected chi connectivity index (χ2v) is 15.5. The quantitative estimate of drug-likeness (QED) is 0.127. The molecule has 0 saturated carbocycles. The summed E-state index contributed by atoms with van der Waals surface area (Å²) in [5, 5.41) is 0.674. The third kappa shape index (κ3) is 7.21. The van der Waals surface area contributed by atoms with E-state index in [0.717, 1.165) is 12.8 Å². The van der Waals surface area contributed by atoms with Crippen molar-refractivity contribution < 1.29 is 0 Å². The molecule has 0 unspecified atom stereocenters. The highest BCUT2D eigenvalue weighted by Gasteiger charge is 2.23. The van der Waals surface area contributed by atoms with Gasteiger partial charge in [-0.2, -0.15) is 0 Å². The summed E-state index contributed by atoms with van der Waals surface area (Å²) in [6, 6.07) is 49.5. The van der Waals surface area contributed by atoms with Gasteiger partial charge in [0.05, 0.1) is 0 Å². The molecule has 0 amide bonds. The van der Waals surface area contributed by atoms with Gasteiger partial charge in [-0.05, 0) is 131 Å². The Morgan fingerprint density at radius 2 is 0.688 bits per heavy atom. The van der Waals surface area contributed by atoms with E-state index in [1.54, 1.807) is 0 Å². The third-order valence-corrected chi connectivity index (χ3v) is 13.1. The minimum atomic E-state index is 0.337. The number of hydrogen-bond acceptors (Lipinski definition) is 2. The Bertz CT molecular complexity index is 1870. The van der Waals surface area contributed by atoms with E-state index in [-0.39, 0.29) is 0 Å². The molecule has 2 heteroatoms. The van der Waals surface area contributed by atoms with Crippen LogP contribution in [0, 0.1) is 27.7 Å². The average molecular weight is 663 g/mol. The first-order valence-corrected chi connectivity index (χ1v) is 19.5. The molecule has 0 nitrogen and oxygen atoms in total. The van der Waals surface area contributed by atoms with E-state index in [4.69, 9.17) is 0 Å². The molecule has 0 aliphatic rings. The highest BCUT2D eigenvalue weighted by molar-refractivity contribution is 8.76. The molecule has 0 fully saturated rings. The predicted molar refractivity (Wildman–Crippen MR) is 215 cm³/mol. The maximum atomic E-state index is 2.48. The smallest absolute Gasteiger partial charge is 0.0405 e. The van der Waals surface area contributed by atoms with Crippen LogP contribution in [-0.4, -0.2) is 0 Å². The van der Waals surface area contributed by atoms with Crippen molar-refractivity contribution in [2.75, 3.05) is 0 Å². The summed E-state index contributed by atoms with van der Waals surface area (Å²) in [4.78, 5) is 0. The Labute approximate surface area is 296 Å². The minimum Gasteiger partial charge on any atom is -0.0853 e. The normalized spacial score (nSPS) is 12.5. The van der Waals surface area contributed by atoms with Gasteiger partial charge in [-0.1, -0.05) is 157 Å². The maximum Gasteiger partial charge on any atom is 0.0405 e. The molecule has 6 aromatic carbocycles. The zero-order chi connectivity index (χ0) is 33.6. The van der Waals surface area contributed by atoms with Gasteiger partial charge >= 0.3 is 0 Å². The molecule has 0 N–H and O–H groups in total. The molecule has 0 bridgehead atoms. The van der Waals surface area contributed by atoms with Crippen LogP contribution in [0.25, 0.3) is 44.5 Å². The largest absolute Gasteiger partial charge is 0.0853 e. The van der Waals surface area contributed by atoms with Crippen LogP contribution in [0.2, 0.25) is 0 Å². The van der Waals surface area contributed by atoms with Crippen LogP contribution in [0.3, 0.4) is 0 Å². The fraction of sp³-hybridized carbons (Fsp3) is 0.217. The summed E-state index contributed by atoms with van der Waals surface area (Å²) >= 11 is 0. The van der Waals surface area contributed by atoms with Crippen molar-refractivity contribution in [3.8, 4) is 44.5 Å². The predicted octanol–water partition coefficient (Wildman–Crippen LogP) is 14.6. The van der Waals surface area contributed by atoms with Gasteiger partial charge < -0.3 is 0 Å². The highest BCUT2D eigenvalue weighted by Crippen LogP contribution is 2.53. The first-order chi connectivity index (χ1) is 23.4. The topological polar surface area (TPSA) is 0 Å². The van der Waals surface area contributed by atoms with E-state index in [1.807, 2.05) is 0 Å². The lowest BCUT2D eigenvalue weighted by Crippen LogP contribution is -2.00. The summed E-state index contributed by atoms with van der Waals surface area (Å²) in [6.45, 7) is 13.6. The van der Waals surface area contributed by atoms with Gasteiger partial charge in [-0.3, -0.25) is 0 Å². The standard InChI is InChI=1S/C46H46S2/c1-7-45(43-29-35(37-21-13-9-17-31(37)3)25-27-41(43)39-23-15-11-19-33(39)5)47-48-46(8-2)44-30-36(38-22-14-10-18-32(38)4)26-28-42(44)40-24-16-12-20-34(40)6/h9-30,45-46H,7-8H2,1-6H3/t45-,46-/m1/s1. The second-order valence-electron chi connectivity index (χ2n) is 12.8. The van der Waals surface area contributed by atoms with Gasteiger partial charge in [-0.15, -0.1) is 0 Å². The van der Waals surface area contributed by atoms with E-state index in [0.29, 0.717) is 10.5 Å². The minimum absolute atomic E-state index is 0.337. The molecule has 0 spiro atoms. The monoisotopic (exact) mass is 662 g/mol. The summed E-state index contributed by atoms with van der Waals surface area (Å²) < 4.78 is 0. The van der Waals surface area contributed by atoms with Crippen molar-refractivity contribution in [1.29, 1.82) is 0 Å². The summed E-state index contributed by atoms with van der Waals surface area (Å²) in [5.74, 6) is 0. The molecule has 0 aliphatic carbocycles. The van der Waals surface area contributed by atoms with Crippen molar-refractivity contribution in [1.82, 2.24) is 0 Å². The number of hydrogen-bond donors (Lipinski definition) is 0. The summed E-state index contributed by atoms with van der Waals surface area (Å²) in [7, 11) is 4.11. The fourth-order valence-corrected chi connectivity index (χ4v) is 10.2. The van der Waals surface area contributed by atoms with Crippen LogP contribution >= 0.6 is 21.6 Å². The lowest BCUT2D eigenvalue weighted by molar-refractivity contribution is 0.895. The lowest BCUT2D eigenvalue weighted by Gasteiger charge is -2.25. The average Bonchev–Trinajstić information content (AvgIpc) is 3.11. The van der Waals surface area contributed by atoms with Crippen LogP contribution in [0.4, 0.5) is 0 Å². The van der Waals surface area contributed by atoms with Crippen LogP contribution in [-0.2, 0) is 0 Å². The van der Waals surface area contributed by atoms with E-state index in [1.165, 1.54) is 77.9 Å². The van der Waals surface area contributed by atoms with E-state index >= 15 is 0 Å². The van der Waals surface area contributed by atoms with Gasteiger partial charge in [0.1, 0.15) is 0 Å². The van der Waals surface area contributed by atoms with Crippen molar-refractivity contribution >= 4 is 21.6 Å². The Balaban J connectivity index is 1.41. The van der Waals surface area contributed by atoms with Crippen LogP contribution in [0.5, 0.6) is 0 Å².